The van der Waals surface area contributed by atoms with E-state index < -0.39 is 0 Å². The molecule has 0 aliphatic heterocycles. The first kappa shape index (κ1) is 15.1. The fourth-order valence-corrected chi connectivity index (χ4v) is 1.58. The molecular formula is C14H22FNO2. The van der Waals surface area contributed by atoms with E-state index in [2.05, 4.69) is 0 Å². The van der Waals surface area contributed by atoms with Crippen molar-refractivity contribution in [2.75, 3.05) is 13.2 Å². The Morgan fingerprint density at radius 2 is 1.61 bits per heavy atom. The van der Waals surface area contributed by atoms with Crippen LogP contribution in [0.4, 0.5) is 4.39 Å². The summed E-state index contributed by atoms with van der Waals surface area (Å²) < 4.78 is 23.8. The van der Waals surface area contributed by atoms with E-state index in [-0.39, 0.29) is 24.1 Å². The number of halogens is 1. The SMILES string of the molecule is CC(C)OCCOC(C)C(N)c1ccc(F)cc1. The van der Waals surface area contributed by atoms with Gasteiger partial charge in [-0.1, -0.05) is 12.1 Å². The van der Waals surface area contributed by atoms with E-state index in [1.807, 2.05) is 20.8 Å². The lowest BCUT2D eigenvalue weighted by molar-refractivity contribution is -0.0145. The molecule has 3 nitrogen and oxygen atoms in total. The van der Waals surface area contributed by atoms with Gasteiger partial charge in [-0.05, 0) is 38.5 Å². The molecule has 0 aliphatic rings. The van der Waals surface area contributed by atoms with Gasteiger partial charge in [0.25, 0.3) is 0 Å². The average molecular weight is 255 g/mol. The quantitative estimate of drug-likeness (QED) is 0.762. The third-order valence-corrected chi connectivity index (χ3v) is 2.68. The molecule has 1 aromatic carbocycles. The third kappa shape index (κ3) is 5.12. The number of rotatable bonds is 7. The second kappa shape index (κ2) is 7.46. The van der Waals surface area contributed by atoms with Crippen LogP contribution >= 0.6 is 0 Å². The summed E-state index contributed by atoms with van der Waals surface area (Å²) in [7, 11) is 0. The summed E-state index contributed by atoms with van der Waals surface area (Å²) in [5, 5.41) is 0. The zero-order valence-corrected chi connectivity index (χ0v) is 11.2. The maximum Gasteiger partial charge on any atom is 0.123 e. The van der Waals surface area contributed by atoms with Gasteiger partial charge in [-0.2, -0.15) is 0 Å². The first-order valence-electron chi connectivity index (χ1n) is 6.25. The van der Waals surface area contributed by atoms with Crippen molar-refractivity contribution in [1.82, 2.24) is 0 Å². The third-order valence-electron chi connectivity index (χ3n) is 2.68. The molecule has 2 atom stereocenters. The van der Waals surface area contributed by atoms with E-state index in [1.54, 1.807) is 12.1 Å². The Morgan fingerprint density at radius 1 is 1.06 bits per heavy atom. The lowest BCUT2D eigenvalue weighted by Crippen LogP contribution is -2.27. The molecule has 18 heavy (non-hydrogen) atoms. The average Bonchev–Trinajstić information content (AvgIpc) is 2.34. The molecule has 0 aliphatic carbocycles. The molecule has 0 amide bonds. The second-order valence-corrected chi connectivity index (χ2v) is 4.57. The highest BCUT2D eigenvalue weighted by atomic mass is 19.1. The largest absolute Gasteiger partial charge is 0.376 e. The van der Waals surface area contributed by atoms with E-state index in [4.69, 9.17) is 15.2 Å². The Morgan fingerprint density at radius 3 is 2.17 bits per heavy atom. The fraction of sp³-hybridized carbons (Fsp3) is 0.571. The van der Waals surface area contributed by atoms with Crippen LogP contribution in [0.1, 0.15) is 32.4 Å². The van der Waals surface area contributed by atoms with Crippen molar-refractivity contribution < 1.29 is 13.9 Å². The maximum absolute atomic E-state index is 12.8. The van der Waals surface area contributed by atoms with Crippen molar-refractivity contribution in [3.8, 4) is 0 Å². The maximum atomic E-state index is 12.8. The van der Waals surface area contributed by atoms with Crippen molar-refractivity contribution in [3.63, 3.8) is 0 Å². The molecule has 0 saturated carbocycles. The lowest BCUT2D eigenvalue weighted by Gasteiger charge is -2.21. The highest BCUT2D eigenvalue weighted by Crippen LogP contribution is 2.16. The molecule has 2 N–H and O–H groups in total. The molecule has 0 fully saturated rings. The molecule has 0 spiro atoms. The van der Waals surface area contributed by atoms with E-state index in [1.165, 1.54) is 12.1 Å². The van der Waals surface area contributed by atoms with Crippen LogP contribution in [-0.4, -0.2) is 25.4 Å². The summed E-state index contributed by atoms with van der Waals surface area (Å²) in [6.07, 6.45) is 0.0703. The Labute approximate surface area is 108 Å². The molecule has 1 rings (SSSR count). The van der Waals surface area contributed by atoms with Crippen LogP contribution in [0, 0.1) is 5.82 Å². The topological polar surface area (TPSA) is 44.5 Å². The van der Waals surface area contributed by atoms with Crippen LogP contribution < -0.4 is 5.73 Å². The zero-order valence-electron chi connectivity index (χ0n) is 11.2. The minimum absolute atomic E-state index is 0.133. The van der Waals surface area contributed by atoms with Gasteiger partial charge in [-0.25, -0.2) is 4.39 Å². The van der Waals surface area contributed by atoms with Crippen LogP contribution in [0.25, 0.3) is 0 Å². The van der Waals surface area contributed by atoms with Gasteiger partial charge in [0.1, 0.15) is 5.82 Å². The summed E-state index contributed by atoms with van der Waals surface area (Å²) in [6, 6.07) is 5.92. The first-order chi connectivity index (χ1) is 8.50. The molecule has 0 saturated heterocycles. The molecule has 0 aromatic heterocycles. The van der Waals surface area contributed by atoms with Gasteiger partial charge in [-0.3, -0.25) is 0 Å². The Bertz CT molecular complexity index is 340. The van der Waals surface area contributed by atoms with Gasteiger partial charge in [0.05, 0.1) is 31.5 Å². The summed E-state index contributed by atoms with van der Waals surface area (Å²) in [5.74, 6) is -0.259. The minimum Gasteiger partial charge on any atom is -0.376 e. The summed E-state index contributed by atoms with van der Waals surface area (Å²) >= 11 is 0. The van der Waals surface area contributed by atoms with Crippen LogP contribution in [0.3, 0.4) is 0 Å². The van der Waals surface area contributed by atoms with E-state index in [9.17, 15) is 4.39 Å². The predicted octanol–water partition coefficient (Wildman–Crippen LogP) is 2.66. The Balaban J connectivity index is 2.36. The normalized spacial score (nSPS) is 14.8. The van der Waals surface area contributed by atoms with Crippen molar-refractivity contribution in [3.05, 3.63) is 35.6 Å². The molecule has 0 bridgehead atoms. The van der Waals surface area contributed by atoms with Crippen molar-refractivity contribution >= 4 is 0 Å². The molecule has 1 aromatic rings. The zero-order chi connectivity index (χ0) is 13.5. The van der Waals surface area contributed by atoms with Crippen molar-refractivity contribution in [2.45, 2.75) is 39.0 Å². The van der Waals surface area contributed by atoms with Crippen LogP contribution in [-0.2, 0) is 9.47 Å². The van der Waals surface area contributed by atoms with Gasteiger partial charge in [0.2, 0.25) is 0 Å². The number of nitrogens with two attached hydrogens (primary N) is 1. The minimum atomic E-state index is -0.260. The number of ether oxygens (including phenoxy) is 2. The molecule has 0 radical (unpaired) electrons. The van der Waals surface area contributed by atoms with Crippen molar-refractivity contribution in [2.24, 2.45) is 5.73 Å². The van der Waals surface area contributed by atoms with Crippen LogP contribution in [0.15, 0.2) is 24.3 Å². The first-order valence-corrected chi connectivity index (χ1v) is 6.25. The van der Waals surface area contributed by atoms with E-state index in [0.717, 1.165) is 5.56 Å². The van der Waals surface area contributed by atoms with Crippen molar-refractivity contribution in [1.29, 1.82) is 0 Å². The summed E-state index contributed by atoms with van der Waals surface area (Å²) in [4.78, 5) is 0. The van der Waals surface area contributed by atoms with Gasteiger partial charge in [-0.15, -0.1) is 0 Å². The number of hydrogen-bond donors (Lipinski definition) is 1. The molecule has 2 unspecified atom stereocenters. The van der Waals surface area contributed by atoms with Gasteiger partial charge >= 0.3 is 0 Å². The Hall–Kier alpha value is -0.970. The summed E-state index contributed by atoms with van der Waals surface area (Å²) in [5.41, 5.74) is 6.91. The van der Waals surface area contributed by atoms with E-state index >= 15 is 0 Å². The fourth-order valence-electron chi connectivity index (χ4n) is 1.58. The highest BCUT2D eigenvalue weighted by molar-refractivity contribution is 5.20. The molecule has 102 valence electrons. The monoisotopic (exact) mass is 255 g/mol. The van der Waals surface area contributed by atoms with Gasteiger partial charge < -0.3 is 15.2 Å². The van der Waals surface area contributed by atoms with Crippen LogP contribution in [0.2, 0.25) is 0 Å². The van der Waals surface area contributed by atoms with Crippen LogP contribution in [0.5, 0.6) is 0 Å². The highest BCUT2D eigenvalue weighted by Gasteiger charge is 2.15. The summed E-state index contributed by atoms with van der Waals surface area (Å²) in [6.45, 7) is 6.93. The van der Waals surface area contributed by atoms with Gasteiger partial charge in [0.15, 0.2) is 0 Å². The van der Waals surface area contributed by atoms with E-state index in [0.29, 0.717) is 13.2 Å². The Kier molecular flexibility index (Phi) is 6.25. The smallest absolute Gasteiger partial charge is 0.123 e. The van der Waals surface area contributed by atoms with Gasteiger partial charge in [0, 0.05) is 0 Å². The number of benzene rings is 1. The number of hydrogen-bond acceptors (Lipinski definition) is 3. The molecular weight excluding hydrogens is 233 g/mol. The molecule has 4 heteroatoms. The predicted molar refractivity (Wildman–Crippen MR) is 69.8 cm³/mol. The second-order valence-electron chi connectivity index (χ2n) is 4.57. The standard InChI is InChI=1S/C14H22FNO2/c1-10(2)17-8-9-18-11(3)14(16)12-4-6-13(15)7-5-12/h4-7,10-11,14H,8-9,16H2,1-3H3. The lowest BCUT2D eigenvalue weighted by atomic mass is 10.0. The molecule has 0 heterocycles.